The molecule has 130 valence electrons. The molecule has 0 spiro atoms. The molecule has 6 nitrogen and oxygen atoms in total. The van der Waals surface area contributed by atoms with Crippen LogP contribution in [0.25, 0.3) is 21.9 Å². The Bertz CT molecular complexity index is 918. The van der Waals surface area contributed by atoms with Gasteiger partial charge in [-0.3, -0.25) is 0 Å². The van der Waals surface area contributed by atoms with Gasteiger partial charge in [0.1, 0.15) is 0 Å². The van der Waals surface area contributed by atoms with Crippen molar-refractivity contribution in [3.05, 3.63) is 36.3 Å². The van der Waals surface area contributed by atoms with E-state index in [4.69, 9.17) is 4.74 Å². The minimum absolute atomic E-state index is 0.0962. The van der Waals surface area contributed by atoms with Gasteiger partial charge in [0, 0.05) is 42.2 Å². The highest BCUT2D eigenvalue weighted by Crippen LogP contribution is 2.34. The lowest BCUT2D eigenvalue weighted by molar-refractivity contribution is 0.0682. The van der Waals surface area contributed by atoms with Crippen molar-refractivity contribution in [1.82, 2.24) is 19.9 Å². The number of H-pyrrole nitrogens is 1. The van der Waals surface area contributed by atoms with Crippen LogP contribution >= 0.6 is 0 Å². The summed E-state index contributed by atoms with van der Waals surface area (Å²) in [4.78, 5) is 26.1. The molecule has 1 N–H and O–H groups in total. The molecule has 4 rings (SSSR count). The molecule has 1 aliphatic rings. The van der Waals surface area contributed by atoms with E-state index in [1.807, 2.05) is 37.2 Å². The number of amides is 1. The standard InChI is InChI=1S/C19H22N4O2/c1-12(2)25-19(24)23-9-3-4-13(11-23)14-5-7-20-16-10-22-18-15(17(14)16)6-8-21-18/h5-8,10,12-13,20H,3-4,9,11H2,1-2H3. The number of carbonyl (C=O) groups is 1. The number of pyridine rings is 2. The molecule has 3 aromatic heterocycles. The molecule has 4 heterocycles. The van der Waals surface area contributed by atoms with Gasteiger partial charge >= 0.3 is 6.09 Å². The predicted molar refractivity (Wildman–Crippen MR) is 96.6 cm³/mol. The molecular weight excluding hydrogens is 316 g/mol. The monoisotopic (exact) mass is 338 g/mol. The molecule has 0 aromatic carbocycles. The molecule has 1 saturated heterocycles. The van der Waals surface area contributed by atoms with E-state index >= 15 is 0 Å². The Labute approximate surface area is 146 Å². The molecule has 1 aliphatic heterocycles. The summed E-state index contributed by atoms with van der Waals surface area (Å²) in [6, 6.07) is 4.13. The SMILES string of the molecule is CC(C)OC(=O)N1CCCC(c2cc[nH]c3cnc4nccc4c23)C1. The molecule has 0 bridgehead atoms. The van der Waals surface area contributed by atoms with E-state index in [1.54, 1.807) is 6.20 Å². The third-order valence-corrected chi connectivity index (χ3v) is 4.78. The summed E-state index contributed by atoms with van der Waals surface area (Å²) in [5, 5.41) is 2.22. The van der Waals surface area contributed by atoms with Crippen LogP contribution in [0.1, 0.15) is 38.2 Å². The maximum atomic E-state index is 12.3. The number of hydrogen-bond acceptors (Lipinski definition) is 4. The number of rotatable bonds is 2. The van der Waals surface area contributed by atoms with Crippen LogP contribution in [0.3, 0.4) is 0 Å². The molecule has 0 aliphatic carbocycles. The number of aromatic nitrogens is 3. The smallest absolute Gasteiger partial charge is 0.410 e. The fraction of sp³-hybridized carbons (Fsp3) is 0.421. The Morgan fingerprint density at radius 3 is 3.08 bits per heavy atom. The van der Waals surface area contributed by atoms with E-state index in [2.05, 4.69) is 21.0 Å². The molecular formula is C19H22N4O2. The summed E-state index contributed by atoms with van der Waals surface area (Å²) in [5.41, 5.74) is 3.01. The number of likely N-dealkylation sites (tertiary alicyclic amines) is 1. The highest BCUT2D eigenvalue weighted by molar-refractivity contribution is 6.05. The Morgan fingerprint density at radius 1 is 1.36 bits per heavy atom. The molecule has 1 atom stereocenters. The first-order valence-corrected chi connectivity index (χ1v) is 8.79. The lowest BCUT2D eigenvalue weighted by atomic mass is 9.88. The van der Waals surface area contributed by atoms with Crippen molar-refractivity contribution in [2.45, 2.75) is 38.7 Å². The van der Waals surface area contributed by atoms with Crippen molar-refractivity contribution in [2.75, 3.05) is 13.1 Å². The first-order chi connectivity index (χ1) is 12.1. The average molecular weight is 338 g/mol. The Hall–Kier alpha value is -2.63. The van der Waals surface area contributed by atoms with E-state index in [1.165, 1.54) is 5.56 Å². The maximum absolute atomic E-state index is 12.3. The zero-order chi connectivity index (χ0) is 17.4. The van der Waals surface area contributed by atoms with Gasteiger partial charge in [0.2, 0.25) is 0 Å². The van der Waals surface area contributed by atoms with Crippen LogP contribution in [0.15, 0.2) is 30.7 Å². The Morgan fingerprint density at radius 2 is 2.24 bits per heavy atom. The zero-order valence-corrected chi connectivity index (χ0v) is 14.5. The van der Waals surface area contributed by atoms with Crippen molar-refractivity contribution < 1.29 is 9.53 Å². The highest BCUT2D eigenvalue weighted by Gasteiger charge is 2.27. The number of aromatic amines is 1. The minimum atomic E-state index is -0.215. The van der Waals surface area contributed by atoms with E-state index < -0.39 is 0 Å². The average Bonchev–Trinajstić information content (AvgIpc) is 3.09. The third-order valence-electron chi connectivity index (χ3n) is 4.78. The number of piperidine rings is 1. The minimum Gasteiger partial charge on any atom is -0.447 e. The van der Waals surface area contributed by atoms with Gasteiger partial charge in [0.25, 0.3) is 0 Å². The molecule has 1 fully saturated rings. The van der Waals surface area contributed by atoms with E-state index in [0.29, 0.717) is 6.54 Å². The predicted octanol–water partition coefficient (Wildman–Crippen LogP) is 3.84. The number of hydrogen-bond donors (Lipinski definition) is 1. The van der Waals surface area contributed by atoms with Crippen molar-refractivity contribution in [1.29, 1.82) is 0 Å². The topological polar surface area (TPSA) is 71.1 Å². The Balaban J connectivity index is 1.71. The first kappa shape index (κ1) is 15.9. The summed E-state index contributed by atoms with van der Waals surface area (Å²) in [6.45, 7) is 5.20. The lowest BCUT2D eigenvalue weighted by Crippen LogP contribution is -2.40. The van der Waals surface area contributed by atoms with Gasteiger partial charge in [-0.15, -0.1) is 0 Å². The van der Waals surface area contributed by atoms with E-state index in [9.17, 15) is 4.79 Å². The quantitative estimate of drug-likeness (QED) is 0.771. The van der Waals surface area contributed by atoms with Crippen molar-refractivity contribution >= 4 is 28.0 Å². The van der Waals surface area contributed by atoms with Gasteiger partial charge in [-0.05, 0) is 44.4 Å². The van der Waals surface area contributed by atoms with Crippen molar-refractivity contribution in [3.8, 4) is 0 Å². The molecule has 0 radical (unpaired) electrons. The van der Waals surface area contributed by atoms with Gasteiger partial charge in [-0.25, -0.2) is 14.8 Å². The number of nitrogens with one attached hydrogen (secondary N) is 1. The van der Waals surface area contributed by atoms with Gasteiger partial charge in [-0.1, -0.05) is 0 Å². The molecule has 1 amide bonds. The lowest BCUT2D eigenvalue weighted by Gasteiger charge is -2.33. The Kier molecular flexibility index (Phi) is 4.03. The van der Waals surface area contributed by atoms with Crippen LogP contribution in [-0.2, 0) is 4.74 Å². The van der Waals surface area contributed by atoms with Gasteiger partial charge in [-0.2, -0.15) is 0 Å². The number of nitrogens with zero attached hydrogens (tertiary/aromatic N) is 3. The largest absolute Gasteiger partial charge is 0.447 e. The number of ether oxygens (including phenoxy) is 1. The summed E-state index contributed by atoms with van der Waals surface area (Å²) in [6.07, 6.45) is 7.30. The van der Waals surface area contributed by atoms with Gasteiger partial charge < -0.3 is 14.6 Å². The van der Waals surface area contributed by atoms with Crippen molar-refractivity contribution in [3.63, 3.8) is 0 Å². The van der Waals surface area contributed by atoms with Crippen molar-refractivity contribution in [2.24, 2.45) is 0 Å². The van der Waals surface area contributed by atoms with Gasteiger partial charge in [0.15, 0.2) is 5.65 Å². The van der Waals surface area contributed by atoms with Crippen LogP contribution < -0.4 is 0 Å². The third kappa shape index (κ3) is 2.92. The van der Waals surface area contributed by atoms with E-state index in [0.717, 1.165) is 41.3 Å². The normalized spacial score (nSPS) is 18.2. The zero-order valence-electron chi connectivity index (χ0n) is 14.5. The highest BCUT2D eigenvalue weighted by atomic mass is 16.6. The molecule has 3 aromatic rings. The second-order valence-electron chi connectivity index (χ2n) is 6.88. The van der Waals surface area contributed by atoms with Crippen LogP contribution in [0.2, 0.25) is 0 Å². The first-order valence-electron chi connectivity index (χ1n) is 8.79. The summed E-state index contributed by atoms with van der Waals surface area (Å²) in [7, 11) is 0. The van der Waals surface area contributed by atoms with Crippen LogP contribution in [-0.4, -0.2) is 45.1 Å². The summed E-state index contributed by atoms with van der Waals surface area (Å²) >= 11 is 0. The molecule has 0 saturated carbocycles. The fourth-order valence-corrected chi connectivity index (χ4v) is 3.70. The molecule has 25 heavy (non-hydrogen) atoms. The van der Waals surface area contributed by atoms with Crippen LogP contribution in [0.5, 0.6) is 0 Å². The molecule has 1 unspecified atom stereocenters. The molecule has 6 heteroatoms. The fourth-order valence-electron chi connectivity index (χ4n) is 3.70. The summed E-state index contributed by atoms with van der Waals surface area (Å²) < 4.78 is 5.38. The van der Waals surface area contributed by atoms with Crippen LogP contribution in [0.4, 0.5) is 4.79 Å². The van der Waals surface area contributed by atoms with Crippen LogP contribution in [0, 0.1) is 0 Å². The summed E-state index contributed by atoms with van der Waals surface area (Å²) in [5.74, 6) is 0.283. The van der Waals surface area contributed by atoms with E-state index in [-0.39, 0.29) is 18.1 Å². The second kappa shape index (κ2) is 6.35. The second-order valence-corrected chi connectivity index (χ2v) is 6.88. The number of fused-ring (bicyclic) bond motifs is 3. The van der Waals surface area contributed by atoms with Gasteiger partial charge in [0.05, 0.1) is 17.8 Å². The number of carbonyl (C=O) groups excluding carboxylic acids is 1. The maximum Gasteiger partial charge on any atom is 0.410 e.